The van der Waals surface area contributed by atoms with E-state index in [1.807, 2.05) is 13.8 Å². The Labute approximate surface area is 101 Å². The summed E-state index contributed by atoms with van der Waals surface area (Å²) >= 11 is 0. The molecule has 0 saturated heterocycles. The summed E-state index contributed by atoms with van der Waals surface area (Å²) in [6.07, 6.45) is 3.04. The van der Waals surface area contributed by atoms with E-state index < -0.39 is 0 Å². The van der Waals surface area contributed by atoms with Gasteiger partial charge in [-0.15, -0.1) is 0 Å². The molecule has 1 heterocycles. The molecule has 0 aliphatic heterocycles. The van der Waals surface area contributed by atoms with E-state index in [9.17, 15) is 4.79 Å². The first-order valence-corrected chi connectivity index (χ1v) is 5.54. The van der Waals surface area contributed by atoms with Crippen LogP contribution in [-0.2, 0) is 4.79 Å². The predicted molar refractivity (Wildman–Crippen MR) is 67.6 cm³/mol. The van der Waals surface area contributed by atoms with Crippen LogP contribution in [0, 0.1) is 5.92 Å². The highest BCUT2D eigenvalue weighted by Crippen LogP contribution is 2.07. The number of rotatable bonds is 5. The molecule has 0 aliphatic carbocycles. The van der Waals surface area contributed by atoms with Crippen LogP contribution in [0.4, 0.5) is 11.6 Å². The molecule has 0 bridgehead atoms. The molecule has 0 radical (unpaired) electrons. The number of nitrogens with one attached hydrogen (secondary N) is 1. The lowest BCUT2D eigenvalue weighted by Gasteiger charge is -2.17. The van der Waals surface area contributed by atoms with E-state index in [0.29, 0.717) is 24.1 Å². The second-order valence-corrected chi connectivity index (χ2v) is 4.36. The number of anilines is 2. The maximum Gasteiger partial charge on any atom is 0.239 e. The first-order chi connectivity index (χ1) is 7.99. The van der Waals surface area contributed by atoms with Gasteiger partial charge in [-0.3, -0.25) is 9.78 Å². The van der Waals surface area contributed by atoms with Gasteiger partial charge in [-0.05, 0) is 5.92 Å². The number of amides is 1. The van der Waals surface area contributed by atoms with Crippen molar-refractivity contribution in [3.05, 3.63) is 12.4 Å². The topological polar surface area (TPSA) is 84.1 Å². The van der Waals surface area contributed by atoms with E-state index in [4.69, 9.17) is 5.73 Å². The summed E-state index contributed by atoms with van der Waals surface area (Å²) in [5.74, 6) is 1.34. The van der Waals surface area contributed by atoms with E-state index in [2.05, 4.69) is 15.3 Å². The van der Waals surface area contributed by atoms with Crippen molar-refractivity contribution >= 4 is 17.5 Å². The number of nitrogens with two attached hydrogens (primary N) is 1. The van der Waals surface area contributed by atoms with E-state index in [1.54, 1.807) is 18.1 Å². The van der Waals surface area contributed by atoms with E-state index in [1.165, 1.54) is 6.20 Å². The molecule has 0 atom stereocenters. The number of hydrogen-bond acceptors (Lipinski definition) is 5. The Kier molecular flexibility index (Phi) is 4.68. The summed E-state index contributed by atoms with van der Waals surface area (Å²) in [5.41, 5.74) is 5.52. The highest BCUT2D eigenvalue weighted by molar-refractivity contribution is 5.80. The zero-order valence-corrected chi connectivity index (χ0v) is 10.5. The van der Waals surface area contributed by atoms with E-state index >= 15 is 0 Å². The van der Waals surface area contributed by atoms with Gasteiger partial charge in [0.1, 0.15) is 11.6 Å². The van der Waals surface area contributed by atoms with Crippen LogP contribution < -0.4 is 16.0 Å². The van der Waals surface area contributed by atoms with Gasteiger partial charge in [0.15, 0.2) is 0 Å². The van der Waals surface area contributed by atoms with Crippen molar-refractivity contribution in [2.24, 2.45) is 5.92 Å². The summed E-state index contributed by atoms with van der Waals surface area (Å²) in [7, 11) is 1.78. The average molecular weight is 237 g/mol. The zero-order valence-electron chi connectivity index (χ0n) is 10.5. The average Bonchev–Trinajstić information content (AvgIpc) is 2.26. The van der Waals surface area contributed by atoms with Crippen LogP contribution in [0.1, 0.15) is 13.8 Å². The lowest BCUT2D eigenvalue weighted by Crippen LogP contribution is -2.37. The van der Waals surface area contributed by atoms with Crippen LogP contribution >= 0.6 is 0 Å². The van der Waals surface area contributed by atoms with Crippen molar-refractivity contribution < 1.29 is 4.79 Å². The second kappa shape index (κ2) is 6.03. The van der Waals surface area contributed by atoms with Gasteiger partial charge in [0.05, 0.1) is 18.9 Å². The van der Waals surface area contributed by atoms with Gasteiger partial charge in [0.25, 0.3) is 0 Å². The highest BCUT2D eigenvalue weighted by Gasteiger charge is 2.09. The van der Waals surface area contributed by atoms with Crippen LogP contribution in [0.25, 0.3) is 0 Å². The zero-order chi connectivity index (χ0) is 12.8. The van der Waals surface area contributed by atoms with Crippen LogP contribution in [0.3, 0.4) is 0 Å². The van der Waals surface area contributed by atoms with Crippen molar-refractivity contribution in [3.63, 3.8) is 0 Å². The molecule has 0 saturated carbocycles. The summed E-state index contributed by atoms with van der Waals surface area (Å²) in [6.45, 7) is 5.01. The van der Waals surface area contributed by atoms with Gasteiger partial charge >= 0.3 is 0 Å². The van der Waals surface area contributed by atoms with Crippen molar-refractivity contribution in [1.29, 1.82) is 0 Å². The minimum absolute atomic E-state index is 0.0366. The van der Waals surface area contributed by atoms with Crippen molar-refractivity contribution in [3.8, 4) is 0 Å². The van der Waals surface area contributed by atoms with Gasteiger partial charge in [0, 0.05) is 13.6 Å². The number of likely N-dealkylation sites (N-methyl/N-ethyl adjacent to an activating group) is 1. The normalized spacial score (nSPS) is 10.4. The molecule has 1 rings (SSSR count). The lowest BCUT2D eigenvalue weighted by molar-refractivity contribution is -0.119. The molecule has 0 aliphatic rings. The molecule has 0 unspecified atom stereocenters. The fourth-order valence-corrected chi connectivity index (χ4v) is 1.22. The Hall–Kier alpha value is -1.85. The predicted octanol–water partition coefficient (Wildman–Crippen LogP) is 0.267. The summed E-state index contributed by atoms with van der Waals surface area (Å²) in [4.78, 5) is 21.3. The first kappa shape index (κ1) is 13.2. The van der Waals surface area contributed by atoms with Crippen molar-refractivity contribution in [2.75, 3.05) is 30.8 Å². The molecule has 6 nitrogen and oxygen atoms in total. The highest BCUT2D eigenvalue weighted by atomic mass is 16.2. The molecule has 1 amide bonds. The van der Waals surface area contributed by atoms with Gasteiger partial charge in [-0.25, -0.2) is 4.98 Å². The van der Waals surface area contributed by atoms with Crippen LogP contribution in [0.2, 0.25) is 0 Å². The minimum Gasteiger partial charge on any atom is -0.382 e. The standard InChI is InChI=1S/C11H19N5O/c1-8(2)4-14-11(17)7-16(3)10-6-13-5-9(12)15-10/h5-6,8H,4,7H2,1-3H3,(H2,12,15)(H,14,17). The largest absolute Gasteiger partial charge is 0.382 e. The Morgan fingerprint density at radius 2 is 2.24 bits per heavy atom. The third-order valence-corrected chi connectivity index (χ3v) is 2.12. The second-order valence-electron chi connectivity index (χ2n) is 4.36. The summed E-state index contributed by atoms with van der Waals surface area (Å²) in [5, 5.41) is 2.84. The van der Waals surface area contributed by atoms with Gasteiger partial charge in [0.2, 0.25) is 5.91 Å². The Balaban J connectivity index is 2.48. The smallest absolute Gasteiger partial charge is 0.239 e. The number of hydrogen-bond donors (Lipinski definition) is 2. The van der Waals surface area contributed by atoms with Gasteiger partial charge < -0.3 is 16.0 Å². The fourth-order valence-electron chi connectivity index (χ4n) is 1.22. The SMILES string of the molecule is CC(C)CNC(=O)CN(C)c1cncc(N)n1. The minimum atomic E-state index is -0.0366. The third-order valence-electron chi connectivity index (χ3n) is 2.12. The van der Waals surface area contributed by atoms with Crippen molar-refractivity contribution in [2.45, 2.75) is 13.8 Å². The molecular formula is C11H19N5O. The molecule has 17 heavy (non-hydrogen) atoms. The lowest BCUT2D eigenvalue weighted by atomic mass is 10.2. The van der Waals surface area contributed by atoms with E-state index in [-0.39, 0.29) is 12.5 Å². The molecule has 6 heteroatoms. The van der Waals surface area contributed by atoms with Crippen LogP contribution in [0.15, 0.2) is 12.4 Å². The molecule has 1 aromatic rings. The van der Waals surface area contributed by atoms with Crippen LogP contribution in [0.5, 0.6) is 0 Å². The Morgan fingerprint density at radius 1 is 1.53 bits per heavy atom. The molecule has 1 aromatic heterocycles. The molecular weight excluding hydrogens is 218 g/mol. The Bertz CT molecular complexity index is 380. The quantitative estimate of drug-likeness (QED) is 0.767. The maximum absolute atomic E-state index is 11.6. The first-order valence-electron chi connectivity index (χ1n) is 5.54. The molecule has 0 fully saturated rings. The van der Waals surface area contributed by atoms with Crippen molar-refractivity contribution in [1.82, 2.24) is 15.3 Å². The number of nitrogens with zero attached hydrogens (tertiary/aromatic N) is 3. The van der Waals surface area contributed by atoms with E-state index in [0.717, 1.165) is 0 Å². The summed E-state index contributed by atoms with van der Waals surface area (Å²) in [6, 6.07) is 0. The van der Waals surface area contributed by atoms with Gasteiger partial charge in [-0.2, -0.15) is 0 Å². The number of nitrogen functional groups attached to an aromatic ring is 1. The molecule has 0 aromatic carbocycles. The summed E-state index contributed by atoms with van der Waals surface area (Å²) < 4.78 is 0. The molecule has 94 valence electrons. The monoisotopic (exact) mass is 237 g/mol. The number of carbonyl (C=O) groups is 1. The van der Waals surface area contributed by atoms with Crippen LogP contribution in [-0.4, -0.2) is 36.0 Å². The fraction of sp³-hybridized carbons (Fsp3) is 0.545. The molecule has 3 N–H and O–H groups in total. The number of aromatic nitrogens is 2. The third kappa shape index (κ3) is 4.67. The Morgan fingerprint density at radius 3 is 2.82 bits per heavy atom. The maximum atomic E-state index is 11.6. The molecule has 0 spiro atoms. The van der Waals surface area contributed by atoms with Gasteiger partial charge in [-0.1, -0.05) is 13.8 Å². The number of carbonyl (C=O) groups excluding carboxylic acids is 1.